The molecule has 0 radical (unpaired) electrons. The summed E-state index contributed by atoms with van der Waals surface area (Å²) >= 11 is 0. The number of piperazine rings is 1. The van der Waals surface area contributed by atoms with Crippen LogP contribution in [0.4, 0.5) is 8.78 Å². The Hall–Kier alpha value is -3.08. The van der Waals surface area contributed by atoms with Crippen molar-refractivity contribution in [1.82, 2.24) is 20.4 Å². The molecule has 8 nitrogen and oxygen atoms in total. The fourth-order valence-corrected chi connectivity index (χ4v) is 4.51. The van der Waals surface area contributed by atoms with Gasteiger partial charge in [-0.05, 0) is 48.1 Å². The molecule has 0 unspecified atom stereocenters. The summed E-state index contributed by atoms with van der Waals surface area (Å²) < 4.78 is 27.6. The molecule has 2 aromatic carbocycles. The number of amides is 3. The second kappa shape index (κ2) is 15.5. The highest BCUT2D eigenvalue weighted by molar-refractivity contribution is 6.35. The zero-order chi connectivity index (χ0) is 27.7. The van der Waals surface area contributed by atoms with Crippen LogP contribution in [0.3, 0.4) is 0 Å². The Labute approximate surface area is 234 Å². The molecule has 0 bridgehead atoms. The molecule has 0 spiro atoms. The monoisotopic (exact) mass is 566 g/mol. The van der Waals surface area contributed by atoms with Crippen molar-refractivity contribution in [1.29, 1.82) is 0 Å². The molecule has 214 valence electrons. The van der Waals surface area contributed by atoms with Gasteiger partial charge in [0.25, 0.3) is 0 Å². The van der Waals surface area contributed by atoms with E-state index in [0.717, 1.165) is 36.6 Å². The molecular formula is C28H37ClF2N4O4. The van der Waals surface area contributed by atoms with Crippen molar-refractivity contribution in [2.75, 3.05) is 32.7 Å². The van der Waals surface area contributed by atoms with E-state index in [1.807, 2.05) is 25.1 Å². The number of hydrogen-bond donors (Lipinski definition) is 3. The highest BCUT2D eigenvalue weighted by Gasteiger charge is 2.33. The van der Waals surface area contributed by atoms with E-state index in [0.29, 0.717) is 19.6 Å². The quantitative estimate of drug-likeness (QED) is 0.323. The highest BCUT2D eigenvalue weighted by atomic mass is 35.5. The number of rotatable bonds is 13. The van der Waals surface area contributed by atoms with Gasteiger partial charge in [0.05, 0.1) is 12.1 Å². The lowest BCUT2D eigenvalue weighted by atomic mass is 10.0. The number of halogens is 3. The normalized spacial score (nSPS) is 15.1. The molecule has 1 aliphatic rings. The lowest BCUT2D eigenvalue weighted by Crippen LogP contribution is -2.57. The van der Waals surface area contributed by atoms with E-state index in [4.69, 9.17) is 0 Å². The number of aryl methyl sites for hydroxylation is 1. The van der Waals surface area contributed by atoms with Crippen molar-refractivity contribution in [3.05, 3.63) is 70.8 Å². The Morgan fingerprint density at radius 2 is 1.62 bits per heavy atom. The number of aliphatic hydroxyl groups excluding tert-OH is 1. The molecule has 0 saturated carbocycles. The first-order chi connectivity index (χ1) is 18.2. The fourth-order valence-electron chi connectivity index (χ4n) is 4.51. The predicted octanol–water partition coefficient (Wildman–Crippen LogP) is 2.21. The van der Waals surface area contributed by atoms with Gasteiger partial charge in [-0.25, -0.2) is 8.78 Å². The van der Waals surface area contributed by atoms with Gasteiger partial charge < -0.3 is 25.5 Å². The molecular weight excluding hydrogens is 530 g/mol. The second-order valence-corrected chi connectivity index (χ2v) is 9.55. The average Bonchev–Trinajstić information content (AvgIpc) is 2.87. The number of nitrogens with zero attached hydrogens (tertiary/aromatic N) is 2. The third kappa shape index (κ3) is 9.56. The smallest absolute Gasteiger partial charge is 0.312 e. The number of aliphatic hydroxyl groups is 1. The summed E-state index contributed by atoms with van der Waals surface area (Å²) in [5, 5.41) is 16.8. The summed E-state index contributed by atoms with van der Waals surface area (Å²) in [5.41, 5.74) is 2.49. The third-order valence-corrected chi connectivity index (χ3v) is 6.50. The average molecular weight is 567 g/mol. The molecule has 1 aliphatic heterocycles. The van der Waals surface area contributed by atoms with E-state index in [9.17, 15) is 28.3 Å². The molecule has 0 aromatic heterocycles. The van der Waals surface area contributed by atoms with Crippen LogP contribution in [0.15, 0.2) is 42.5 Å². The van der Waals surface area contributed by atoms with E-state index in [-0.39, 0.29) is 44.0 Å². The van der Waals surface area contributed by atoms with Crippen LogP contribution in [0.2, 0.25) is 0 Å². The highest BCUT2D eigenvalue weighted by Crippen LogP contribution is 2.13. The van der Waals surface area contributed by atoms with Gasteiger partial charge in [-0.15, -0.1) is 12.4 Å². The standard InChI is InChI=1S/C28H36F2N4O4.ClH/c1-3-8-33-9-10-34(28(38)27(33)37)18-26(36)32-24(14-21-12-22(29)15-23(30)13-21)25(35)17-31-16-20-7-5-6-19(4-2)11-20;/h5-7,11-13,15,24-25,31,35H,3-4,8-10,14,16-18H2,1-2H3,(H,32,36);1H/t24-,25+;/m0./s1. The maximum Gasteiger partial charge on any atom is 0.312 e. The Kier molecular flexibility index (Phi) is 12.8. The maximum absolute atomic E-state index is 13.8. The van der Waals surface area contributed by atoms with E-state index < -0.39 is 41.5 Å². The van der Waals surface area contributed by atoms with E-state index in [1.165, 1.54) is 15.4 Å². The topological polar surface area (TPSA) is 102 Å². The van der Waals surface area contributed by atoms with Gasteiger partial charge in [-0.1, -0.05) is 38.1 Å². The third-order valence-electron chi connectivity index (χ3n) is 6.50. The van der Waals surface area contributed by atoms with Gasteiger partial charge >= 0.3 is 11.8 Å². The number of hydrogen-bond acceptors (Lipinski definition) is 5. The van der Waals surface area contributed by atoms with Crippen LogP contribution >= 0.6 is 12.4 Å². The van der Waals surface area contributed by atoms with Crippen molar-refractivity contribution >= 4 is 30.1 Å². The van der Waals surface area contributed by atoms with Gasteiger partial charge in [0.15, 0.2) is 0 Å². The Bertz CT molecular complexity index is 1120. The molecule has 1 heterocycles. The molecule has 2 atom stereocenters. The fraction of sp³-hybridized carbons (Fsp3) is 0.464. The van der Waals surface area contributed by atoms with Gasteiger partial charge in [-0.3, -0.25) is 14.4 Å². The van der Waals surface area contributed by atoms with E-state index in [2.05, 4.69) is 23.6 Å². The summed E-state index contributed by atoms with van der Waals surface area (Å²) in [6, 6.07) is 10.2. The van der Waals surface area contributed by atoms with Crippen LogP contribution in [0.1, 0.15) is 37.0 Å². The number of carbonyl (C=O) groups is 3. The van der Waals surface area contributed by atoms with Crippen molar-refractivity contribution in [2.45, 2.75) is 51.8 Å². The van der Waals surface area contributed by atoms with Crippen molar-refractivity contribution < 1.29 is 28.3 Å². The lowest BCUT2D eigenvalue weighted by Gasteiger charge is -2.33. The number of nitrogens with one attached hydrogen (secondary N) is 2. The molecule has 2 aromatic rings. The summed E-state index contributed by atoms with van der Waals surface area (Å²) in [4.78, 5) is 40.3. The minimum atomic E-state index is -1.10. The van der Waals surface area contributed by atoms with Crippen molar-refractivity contribution in [2.24, 2.45) is 0 Å². The zero-order valence-corrected chi connectivity index (χ0v) is 23.1. The van der Waals surface area contributed by atoms with Crippen molar-refractivity contribution in [3.63, 3.8) is 0 Å². The van der Waals surface area contributed by atoms with Gasteiger partial charge in [0.1, 0.15) is 18.2 Å². The molecule has 1 fully saturated rings. The minimum absolute atomic E-state index is 0. The minimum Gasteiger partial charge on any atom is -0.390 e. The van der Waals surface area contributed by atoms with E-state index in [1.54, 1.807) is 0 Å². The first-order valence-corrected chi connectivity index (χ1v) is 13.0. The first kappa shape index (κ1) is 32.1. The zero-order valence-electron chi connectivity index (χ0n) is 22.3. The van der Waals surface area contributed by atoms with Crippen LogP contribution in [0, 0.1) is 11.6 Å². The van der Waals surface area contributed by atoms with Crippen LogP contribution in [0.25, 0.3) is 0 Å². The van der Waals surface area contributed by atoms with Gasteiger partial charge in [-0.2, -0.15) is 0 Å². The SMILES string of the molecule is CCCN1CCN(CC(=O)N[C@@H](Cc2cc(F)cc(F)c2)[C@H](O)CNCc2cccc(CC)c2)C(=O)C1=O.Cl. The molecule has 11 heteroatoms. The summed E-state index contributed by atoms with van der Waals surface area (Å²) in [6.07, 6.45) is 0.485. The molecule has 3 amide bonds. The molecule has 1 saturated heterocycles. The van der Waals surface area contributed by atoms with Crippen LogP contribution in [-0.2, 0) is 33.8 Å². The molecule has 3 N–H and O–H groups in total. The summed E-state index contributed by atoms with van der Waals surface area (Å²) in [7, 11) is 0. The largest absolute Gasteiger partial charge is 0.390 e. The Balaban J connectivity index is 0.00000533. The number of benzene rings is 2. The van der Waals surface area contributed by atoms with Gasteiger partial charge in [0.2, 0.25) is 5.91 Å². The molecule has 39 heavy (non-hydrogen) atoms. The lowest BCUT2D eigenvalue weighted by molar-refractivity contribution is -0.157. The van der Waals surface area contributed by atoms with Gasteiger partial charge in [0, 0.05) is 38.8 Å². The Morgan fingerprint density at radius 3 is 2.28 bits per heavy atom. The second-order valence-electron chi connectivity index (χ2n) is 9.55. The maximum atomic E-state index is 13.8. The summed E-state index contributed by atoms with van der Waals surface area (Å²) in [6.45, 7) is 5.23. The Morgan fingerprint density at radius 1 is 0.974 bits per heavy atom. The van der Waals surface area contributed by atoms with E-state index >= 15 is 0 Å². The summed E-state index contributed by atoms with van der Waals surface area (Å²) in [5.74, 6) is -3.49. The van der Waals surface area contributed by atoms with Crippen LogP contribution in [0.5, 0.6) is 0 Å². The van der Waals surface area contributed by atoms with Crippen LogP contribution < -0.4 is 10.6 Å². The molecule has 0 aliphatic carbocycles. The predicted molar refractivity (Wildman–Crippen MR) is 146 cm³/mol. The first-order valence-electron chi connectivity index (χ1n) is 13.0. The van der Waals surface area contributed by atoms with Crippen LogP contribution in [-0.4, -0.2) is 77.5 Å². The molecule has 3 rings (SSSR count). The number of carbonyl (C=O) groups excluding carboxylic acids is 3. The van der Waals surface area contributed by atoms with Crippen molar-refractivity contribution in [3.8, 4) is 0 Å².